The van der Waals surface area contributed by atoms with Crippen LogP contribution in [0.15, 0.2) is 54.6 Å². The maximum Gasteiger partial charge on any atom is 0.251 e. The van der Waals surface area contributed by atoms with Gasteiger partial charge < -0.3 is 0 Å². The van der Waals surface area contributed by atoms with Crippen molar-refractivity contribution in [1.82, 2.24) is 4.90 Å². The van der Waals surface area contributed by atoms with Gasteiger partial charge in [0.2, 0.25) is 5.91 Å². The molecule has 2 amide bonds. The van der Waals surface area contributed by atoms with E-state index in [-0.39, 0.29) is 24.3 Å². The minimum absolute atomic E-state index is 0.122. The normalized spacial score (nSPS) is 21.8. The van der Waals surface area contributed by atoms with E-state index in [1.807, 2.05) is 6.07 Å². The zero-order valence-corrected chi connectivity index (χ0v) is 15.9. The first-order valence-electron chi connectivity index (χ1n) is 9.52. The first-order chi connectivity index (χ1) is 13.1. The third-order valence-corrected chi connectivity index (χ3v) is 5.88. The van der Waals surface area contributed by atoms with Crippen LogP contribution in [0.1, 0.15) is 24.8 Å². The zero-order chi connectivity index (χ0) is 18.8. The summed E-state index contributed by atoms with van der Waals surface area (Å²) in [5, 5.41) is 0.526. The molecule has 2 aromatic carbocycles. The van der Waals surface area contributed by atoms with Gasteiger partial charge in [0, 0.05) is 5.02 Å². The molecule has 2 aliphatic heterocycles. The van der Waals surface area contributed by atoms with Gasteiger partial charge in [0.25, 0.3) is 5.91 Å². The highest BCUT2D eigenvalue weighted by molar-refractivity contribution is 6.31. The molecule has 0 unspecified atom stereocenters. The standard InChI is InChI=1S/C22H23ClN2O2/c23-18-7-4-8-19(14-18)25-21(26)15-20(22(25)27)24-11-9-17(10-12-24)13-16-5-2-1-3-6-16/h1-8,14,17,20H,9-13,15H2/t20-/m1/s1. The Bertz CT molecular complexity index is 831. The molecule has 4 rings (SSSR count). The highest BCUT2D eigenvalue weighted by Crippen LogP contribution is 2.30. The Morgan fingerprint density at radius 1 is 0.963 bits per heavy atom. The van der Waals surface area contributed by atoms with Crippen LogP contribution in [0.5, 0.6) is 0 Å². The lowest BCUT2D eigenvalue weighted by Crippen LogP contribution is -2.46. The SMILES string of the molecule is O=C1C[C@@H](N2CCC(Cc3ccccc3)CC2)C(=O)N1c1cccc(Cl)c1. The molecular formula is C22H23ClN2O2. The smallest absolute Gasteiger partial charge is 0.251 e. The second kappa shape index (κ2) is 7.83. The van der Waals surface area contributed by atoms with Gasteiger partial charge in [0.15, 0.2) is 0 Å². The van der Waals surface area contributed by atoms with Gasteiger partial charge in [-0.3, -0.25) is 14.5 Å². The lowest BCUT2D eigenvalue weighted by Gasteiger charge is -2.34. The molecule has 2 fully saturated rings. The van der Waals surface area contributed by atoms with Crippen molar-refractivity contribution in [2.24, 2.45) is 5.92 Å². The van der Waals surface area contributed by atoms with E-state index in [9.17, 15) is 9.59 Å². The molecule has 2 aliphatic rings. The Balaban J connectivity index is 1.39. The quantitative estimate of drug-likeness (QED) is 0.752. The number of likely N-dealkylation sites (tertiary alicyclic amines) is 1. The van der Waals surface area contributed by atoms with Crippen LogP contribution in [0.3, 0.4) is 0 Å². The molecule has 4 nitrogen and oxygen atoms in total. The molecule has 2 heterocycles. The number of halogens is 1. The van der Waals surface area contributed by atoms with E-state index < -0.39 is 0 Å². The van der Waals surface area contributed by atoms with E-state index in [1.54, 1.807) is 24.3 Å². The second-order valence-corrected chi connectivity index (χ2v) is 7.87. The van der Waals surface area contributed by atoms with Crippen molar-refractivity contribution in [1.29, 1.82) is 0 Å². The van der Waals surface area contributed by atoms with Gasteiger partial charge in [-0.25, -0.2) is 4.90 Å². The molecule has 27 heavy (non-hydrogen) atoms. The molecule has 140 valence electrons. The van der Waals surface area contributed by atoms with E-state index in [2.05, 4.69) is 29.2 Å². The Morgan fingerprint density at radius 3 is 2.41 bits per heavy atom. The van der Waals surface area contributed by atoms with Crippen LogP contribution >= 0.6 is 11.6 Å². The maximum absolute atomic E-state index is 12.9. The molecular weight excluding hydrogens is 360 g/mol. The van der Waals surface area contributed by atoms with Crippen molar-refractivity contribution in [2.75, 3.05) is 18.0 Å². The molecule has 0 spiro atoms. The van der Waals surface area contributed by atoms with Crippen molar-refractivity contribution < 1.29 is 9.59 Å². The number of piperidine rings is 1. The number of imide groups is 1. The molecule has 0 N–H and O–H groups in total. The number of hydrogen-bond donors (Lipinski definition) is 0. The minimum Gasteiger partial charge on any atom is -0.292 e. The number of rotatable bonds is 4. The summed E-state index contributed by atoms with van der Waals surface area (Å²) in [6.45, 7) is 1.73. The first-order valence-corrected chi connectivity index (χ1v) is 9.90. The summed E-state index contributed by atoms with van der Waals surface area (Å²) in [5.41, 5.74) is 1.94. The first kappa shape index (κ1) is 18.2. The minimum atomic E-state index is -0.339. The predicted octanol–water partition coefficient (Wildman–Crippen LogP) is 3.93. The van der Waals surface area contributed by atoms with Crippen molar-refractivity contribution in [3.63, 3.8) is 0 Å². The van der Waals surface area contributed by atoms with Gasteiger partial charge in [-0.2, -0.15) is 0 Å². The summed E-state index contributed by atoms with van der Waals surface area (Å²) >= 11 is 6.03. The number of anilines is 1. The highest BCUT2D eigenvalue weighted by Gasteiger charge is 2.43. The maximum atomic E-state index is 12.9. The summed E-state index contributed by atoms with van der Waals surface area (Å²) in [6, 6.07) is 17.2. The fraction of sp³-hybridized carbons (Fsp3) is 0.364. The predicted molar refractivity (Wildman–Crippen MR) is 107 cm³/mol. The second-order valence-electron chi connectivity index (χ2n) is 7.44. The third-order valence-electron chi connectivity index (χ3n) is 5.65. The molecule has 2 aromatic rings. The van der Waals surface area contributed by atoms with Gasteiger partial charge in [-0.1, -0.05) is 48.0 Å². The number of hydrogen-bond acceptors (Lipinski definition) is 3. The molecule has 0 aromatic heterocycles. The number of carbonyl (C=O) groups is 2. The van der Waals surface area contributed by atoms with Crippen molar-refractivity contribution >= 4 is 29.1 Å². The van der Waals surface area contributed by atoms with Crippen LogP contribution in [-0.4, -0.2) is 35.8 Å². The van der Waals surface area contributed by atoms with E-state index in [0.717, 1.165) is 32.4 Å². The Kier molecular flexibility index (Phi) is 5.28. The monoisotopic (exact) mass is 382 g/mol. The van der Waals surface area contributed by atoms with E-state index >= 15 is 0 Å². The average Bonchev–Trinajstić information content (AvgIpc) is 2.97. The van der Waals surface area contributed by atoms with Crippen LogP contribution in [0.4, 0.5) is 5.69 Å². The number of carbonyl (C=O) groups excluding carboxylic acids is 2. The fourth-order valence-electron chi connectivity index (χ4n) is 4.20. The van der Waals surface area contributed by atoms with E-state index in [1.165, 1.54) is 10.5 Å². The average molecular weight is 383 g/mol. The summed E-state index contributed by atoms with van der Waals surface area (Å²) < 4.78 is 0. The summed E-state index contributed by atoms with van der Waals surface area (Å²) in [6.07, 6.45) is 3.46. The van der Waals surface area contributed by atoms with Gasteiger partial charge in [0.1, 0.15) is 0 Å². The van der Waals surface area contributed by atoms with Crippen molar-refractivity contribution in [2.45, 2.75) is 31.7 Å². The van der Waals surface area contributed by atoms with Crippen molar-refractivity contribution in [3.8, 4) is 0 Å². The lowest BCUT2D eigenvalue weighted by atomic mass is 9.89. The van der Waals surface area contributed by atoms with Crippen LogP contribution in [0, 0.1) is 5.92 Å². The summed E-state index contributed by atoms with van der Waals surface area (Å²) in [5.74, 6) is 0.377. The van der Waals surface area contributed by atoms with Gasteiger partial charge in [0.05, 0.1) is 18.2 Å². The summed E-state index contributed by atoms with van der Waals surface area (Å²) in [7, 11) is 0. The van der Waals surface area contributed by atoms with E-state index in [4.69, 9.17) is 11.6 Å². The molecule has 0 aliphatic carbocycles. The van der Waals surface area contributed by atoms with Crippen LogP contribution in [0.2, 0.25) is 5.02 Å². The number of amides is 2. The molecule has 0 radical (unpaired) electrons. The van der Waals surface area contributed by atoms with E-state index in [0.29, 0.717) is 16.6 Å². The van der Waals surface area contributed by atoms with Crippen LogP contribution in [-0.2, 0) is 16.0 Å². The topological polar surface area (TPSA) is 40.6 Å². The van der Waals surface area contributed by atoms with Gasteiger partial charge >= 0.3 is 0 Å². The van der Waals surface area contributed by atoms with Crippen LogP contribution in [0.25, 0.3) is 0 Å². The molecule has 0 saturated carbocycles. The van der Waals surface area contributed by atoms with Gasteiger partial charge in [-0.15, -0.1) is 0 Å². The fourth-order valence-corrected chi connectivity index (χ4v) is 4.39. The molecule has 0 bridgehead atoms. The van der Waals surface area contributed by atoms with Gasteiger partial charge in [-0.05, 0) is 62.0 Å². The Hall–Kier alpha value is -2.17. The zero-order valence-electron chi connectivity index (χ0n) is 15.2. The number of nitrogens with zero attached hydrogens (tertiary/aromatic N) is 2. The molecule has 5 heteroatoms. The highest BCUT2D eigenvalue weighted by atomic mass is 35.5. The Labute approximate surface area is 164 Å². The van der Waals surface area contributed by atoms with Crippen molar-refractivity contribution in [3.05, 3.63) is 65.2 Å². The van der Waals surface area contributed by atoms with Crippen LogP contribution < -0.4 is 4.90 Å². The molecule has 1 atom stereocenters. The lowest BCUT2D eigenvalue weighted by molar-refractivity contribution is -0.123. The Morgan fingerprint density at radius 2 is 1.70 bits per heavy atom. The third kappa shape index (κ3) is 3.92. The largest absolute Gasteiger partial charge is 0.292 e. The number of benzene rings is 2. The summed E-state index contributed by atoms with van der Waals surface area (Å²) in [4.78, 5) is 28.9. The molecule has 2 saturated heterocycles.